The second kappa shape index (κ2) is 6.71. The van der Waals surface area contributed by atoms with Crippen LogP contribution in [0.1, 0.15) is 6.42 Å². The van der Waals surface area contributed by atoms with E-state index in [0.717, 1.165) is 42.7 Å². The largest absolute Gasteiger partial charge is 0.354 e. The van der Waals surface area contributed by atoms with E-state index in [-0.39, 0.29) is 18.1 Å². The molecule has 1 atom stereocenters. The van der Waals surface area contributed by atoms with Gasteiger partial charge in [-0.2, -0.15) is 5.10 Å². The van der Waals surface area contributed by atoms with Crippen LogP contribution in [0.25, 0.3) is 5.82 Å². The Morgan fingerprint density at radius 2 is 1.88 bits per heavy atom. The minimum atomic E-state index is -0.339. The first-order valence-electron chi connectivity index (χ1n) is 8.50. The number of hydrogen-bond donors (Lipinski definition) is 1. The molecule has 3 amide bonds. The SMILES string of the molecule is CN1C(=O)CC(N2CCN(c3cc(-n4cccn4)ncn3)CC2)NC1=O. The van der Waals surface area contributed by atoms with Gasteiger partial charge in [0.15, 0.2) is 5.82 Å². The molecule has 10 nitrogen and oxygen atoms in total. The molecule has 0 spiro atoms. The van der Waals surface area contributed by atoms with E-state index in [4.69, 9.17) is 0 Å². The van der Waals surface area contributed by atoms with E-state index in [1.165, 1.54) is 13.4 Å². The van der Waals surface area contributed by atoms with E-state index in [9.17, 15) is 9.59 Å². The van der Waals surface area contributed by atoms with E-state index in [1.807, 2.05) is 18.3 Å². The molecule has 0 aliphatic carbocycles. The van der Waals surface area contributed by atoms with Gasteiger partial charge in [0.1, 0.15) is 12.1 Å². The van der Waals surface area contributed by atoms with Crippen LogP contribution in [-0.4, -0.2) is 80.9 Å². The Bertz CT molecular complexity index is 782. The molecule has 1 unspecified atom stereocenters. The molecule has 0 radical (unpaired) electrons. The van der Waals surface area contributed by atoms with Crippen LogP contribution in [-0.2, 0) is 4.79 Å². The predicted molar refractivity (Wildman–Crippen MR) is 92.6 cm³/mol. The normalized spacial score (nSPS) is 21.8. The van der Waals surface area contributed by atoms with Crippen LogP contribution in [0.3, 0.4) is 0 Å². The van der Waals surface area contributed by atoms with Crippen LogP contribution in [0.4, 0.5) is 10.6 Å². The minimum absolute atomic E-state index is 0.152. The maximum absolute atomic E-state index is 11.9. The molecule has 0 aromatic carbocycles. The molecule has 2 aliphatic heterocycles. The molecule has 2 aromatic heterocycles. The number of imide groups is 1. The molecule has 136 valence electrons. The molecule has 2 saturated heterocycles. The number of urea groups is 1. The third kappa shape index (κ3) is 3.10. The van der Waals surface area contributed by atoms with Crippen molar-refractivity contribution in [2.24, 2.45) is 0 Å². The number of piperazine rings is 1. The number of hydrogen-bond acceptors (Lipinski definition) is 7. The second-order valence-electron chi connectivity index (χ2n) is 6.33. The van der Waals surface area contributed by atoms with Gasteiger partial charge >= 0.3 is 6.03 Å². The van der Waals surface area contributed by atoms with Crippen LogP contribution in [0.5, 0.6) is 0 Å². The lowest BCUT2D eigenvalue weighted by Crippen LogP contribution is -2.62. The van der Waals surface area contributed by atoms with Crippen molar-refractivity contribution in [3.8, 4) is 5.82 Å². The summed E-state index contributed by atoms with van der Waals surface area (Å²) in [5, 5.41) is 7.07. The van der Waals surface area contributed by atoms with Gasteiger partial charge in [-0.05, 0) is 6.07 Å². The Balaban J connectivity index is 1.40. The Hall–Kier alpha value is -3.01. The van der Waals surface area contributed by atoms with Crippen molar-refractivity contribution in [2.75, 3.05) is 38.1 Å². The van der Waals surface area contributed by atoms with Crippen LogP contribution < -0.4 is 10.2 Å². The van der Waals surface area contributed by atoms with Gasteiger partial charge < -0.3 is 10.2 Å². The summed E-state index contributed by atoms with van der Waals surface area (Å²) in [6.07, 6.45) is 5.15. The number of nitrogens with zero attached hydrogens (tertiary/aromatic N) is 7. The smallest absolute Gasteiger partial charge is 0.325 e. The first-order chi connectivity index (χ1) is 12.6. The molecule has 4 heterocycles. The molecule has 0 bridgehead atoms. The van der Waals surface area contributed by atoms with Gasteiger partial charge in [-0.3, -0.25) is 14.6 Å². The highest BCUT2D eigenvalue weighted by Crippen LogP contribution is 2.18. The van der Waals surface area contributed by atoms with E-state index in [2.05, 4.69) is 30.2 Å². The van der Waals surface area contributed by atoms with E-state index in [1.54, 1.807) is 10.9 Å². The number of carbonyl (C=O) groups is 2. The summed E-state index contributed by atoms with van der Waals surface area (Å²) in [4.78, 5) is 37.8. The van der Waals surface area contributed by atoms with Crippen LogP contribution in [0.2, 0.25) is 0 Å². The standard InChI is InChI=1S/C16H20N8O2/c1-21-15(25)10-14(20-16(21)26)23-7-5-22(6-8-23)12-9-13(18-11-17-12)24-4-2-3-19-24/h2-4,9,11,14H,5-8,10H2,1H3,(H,20,26). The number of anilines is 1. The van der Waals surface area contributed by atoms with Crippen LogP contribution in [0.15, 0.2) is 30.9 Å². The monoisotopic (exact) mass is 356 g/mol. The lowest BCUT2D eigenvalue weighted by Gasteiger charge is -2.41. The molecule has 10 heteroatoms. The van der Waals surface area contributed by atoms with Gasteiger partial charge in [-0.15, -0.1) is 0 Å². The van der Waals surface area contributed by atoms with Crippen molar-refractivity contribution in [3.05, 3.63) is 30.9 Å². The first-order valence-corrected chi connectivity index (χ1v) is 8.50. The maximum atomic E-state index is 11.9. The topological polar surface area (TPSA) is 99.5 Å². The van der Waals surface area contributed by atoms with E-state index >= 15 is 0 Å². The Labute approximate surface area is 150 Å². The number of amides is 3. The Morgan fingerprint density at radius 3 is 2.58 bits per heavy atom. The van der Waals surface area contributed by atoms with Crippen molar-refractivity contribution >= 4 is 17.8 Å². The van der Waals surface area contributed by atoms with Gasteiger partial charge in [0, 0.05) is 51.7 Å². The Morgan fingerprint density at radius 1 is 1.12 bits per heavy atom. The maximum Gasteiger partial charge on any atom is 0.325 e. The molecular weight excluding hydrogens is 336 g/mol. The lowest BCUT2D eigenvalue weighted by molar-refractivity contribution is -0.130. The molecule has 2 fully saturated rings. The fraction of sp³-hybridized carbons (Fsp3) is 0.438. The third-order valence-corrected chi connectivity index (χ3v) is 4.79. The average Bonchev–Trinajstić information content (AvgIpc) is 3.21. The van der Waals surface area contributed by atoms with E-state index < -0.39 is 0 Å². The molecule has 26 heavy (non-hydrogen) atoms. The van der Waals surface area contributed by atoms with E-state index in [0.29, 0.717) is 6.42 Å². The highest BCUT2D eigenvalue weighted by atomic mass is 16.2. The van der Waals surface area contributed by atoms with Gasteiger partial charge in [0.2, 0.25) is 5.91 Å². The summed E-state index contributed by atoms with van der Waals surface area (Å²) >= 11 is 0. The number of nitrogens with one attached hydrogen (secondary N) is 1. The van der Waals surface area contributed by atoms with Crippen molar-refractivity contribution in [2.45, 2.75) is 12.6 Å². The summed E-state index contributed by atoms with van der Waals surface area (Å²) in [5.41, 5.74) is 0. The highest BCUT2D eigenvalue weighted by molar-refractivity contribution is 5.96. The fourth-order valence-electron chi connectivity index (χ4n) is 3.23. The quantitative estimate of drug-likeness (QED) is 0.805. The number of aromatic nitrogens is 4. The molecule has 4 rings (SSSR count). The number of rotatable bonds is 3. The molecule has 0 saturated carbocycles. The zero-order valence-corrected chi connectivity index (χ0v) is 14.4. The fourth-order valence-corrected chi connectivity index (χ4v) is 3.23. The summed E-state index contributed by atoms with van der Waals surface area (Å²) < 4.78 is 1.70. The average molecular weight is 356 g/mol. The van der Waals surface area contributed by atoms with Crippen molar-refractivity contribution in [1.29, 1.82) is 0 Å². The molecule has 2 aromatic rings. The van der Waals surface area contributed by atoms with Crippen molar-refractivity contribution < 1.29 is 9.59 Å². The van der Waals surface area contributed by atoms with Crippen LogP contribution >= 0.6 is 0 Å². The second-order valence-corrected chi connectivity index (χ2v) is 6.33. The predicted octanol–water partition coefficient (Wildman–Crippen LogP) is -0.318. The minimum Gasteiger partial charge on any atom is -0.354 e. The van der Waals surface area contributed by atoms with Crippen molar-refractivity contribution in [3.63, 3.8) is 0 Å². The summed E-state index contributed by atoms with van der Waals surface area (Å²) in [5.74, 6) is 1.41. The summed E-state index contributed by atoms with van der Waals surface area (Å²) in [6.45, 7) is 2.99. The summed E-state index contributed by atoms with van der Waals surface area (Å²) in [6, 6.07) is 3.41. The molecule has 1 N–H and O–H groups in total. The van der Waals surface area contributed by atoms with Gasteiger partial charge in [0.25, 0.3) is 0 Å². The zero-order valence-electron chi connectivity index (χ0n) is 14.4. The first kappa shape index (κ1) is 16.5. The third-order valence-electron chi connectivity index (χ3n) is 4.79. The Kier molecular flexibility index (Phi) is 4.25. The highest BCUT2D eigenvalue weighted by Gasteiger charge is 2.34. The number of carbonyl (C=O) groups excluding carboxylic acids is 2. The van der Waals surface area contributed by atoms with Gasteiger partial charge in [0.05, 0.1) is 12.6 Å². The molecule has 2 aliphatic rings. The lowest BCUT2D eigenvalue weighted by atomic mass is 10.2. The van der Waals surface area contributed by atoms with Crippen LogP contribution in [0, 0.1) is 0 Å². The molecular formula is C16H20N8O2. The summed E-state index contributed by atoms with van der Waals surface area (Å²) in [7, 11) is 1.50. The van der Waals surface area contributed by atoms with Gasteiger partial charge in [-0.25, -0.2) is 19.4 Å². The van der Waals surface area contributed by atoms with Crippen molar-refractivity contribution in [1.82, 2.24) is 34.9 Å². The zero-order chi connectivity index (χ0) is 18.1. The van der Waals surface area contributed by atoms with Gasteiger partial charge in [-0.1, -0.05) is 0 Å².